The molecule has 0 aromatic heterocycles. The largest absolute Gasteiger partial charge is 0.493 e. The predicted octanol–water partition coefficient (Wildman–Crippen LogP) is 5.98. The molecular formula is C28H23NO4S2. The van der Waals surface area contributed by atoms with Crippen molar-refractivity contribution in [2.75, 3.05) is 14.2 Å². The first-order valence-electron chi connectivity index (χ1n) is 11.0. The summed E-state index contributed by atoms with van der Waals surface area (Å²) in [5.41, 5.74) is 5.00. The number of hydrogen-bond donors (Lipinski definition) is 1. The van der Waals surface area contributed by atoms with Crippen molar-refractivity contribution in [3.05, 3.63) is 106 Å². The summed E-state index contributed by atoms with van der Waals surface area (Å²) >= 11 is 6.50. The molecule has 2 heterocycles. The minimum atomic E-state index is -0.207. The van der Waals surface area contributed by atoms with E-state index < -0.39 is 0 Å². The number of methoxy groups -OCH3 is 2. The molecule has 0 bridgehead atoms. The molecule has 1 saturated heterocycles. The number of allylic oxidation sites excluding steroid dienone is 2. The Morgan fingerprint density at radius 3 is 2.37 bits per heavy atom. The molecule has 1 N–H and O–H groups in total. The fourth-order valence-electron chi connectivity index (χ4n) is 4.44. The van der Waals surface area contributed by atoms with Gasteiger partial charge in [0.1, 0.15) is 15.8 Å². The van der Waals surface area contributed by atoms with E-state index >= 15 is 0 Å². The zero-order valence-electron chi connectivity index (χ0n) is 19.5. The lowest BCUT2D eigenvalue weighted by molar-refractivity contribution is -0.115. The van der Waals surface area contributed by atoms with Crippen LogP contribution < -0.4 is 19.5 Å². The molecule has 0 radical (unpaired) electrons. The fourth-order valence-corrected chi connectivity index (χ4v) is 5.47. The van der Waals surface area contributed by atoms with Gasteiger partial charge in [-0.2, -0.15) is 0 Å². The van der Waals surface area contributed by atoms with Gasteiger partial charge in [-0.05, 0) is 48.4 Å². The van der Waals surface area contributed by atoms with Crippen molar-refractivity contribution in [1.29, 1.82) is 0 Å². The number of rotatable bonds is 5. The van der Waals surface area contributed by atoms with Crippen LogP contribution in [0.1, 0.15) is 28.2 Å². The second-order valence-electron chi connectivity index (χ2n) is 8.14. The Morgan fingerprint density at radius 2 is 1.69 bits per heavy atom. The molecular weight excluding hydrogens is 478 g/mol. The average molecular weight is 502 g/mol. The summed E-state index contributed by atoms with van der Waals surface area (Å²) in [4.78, 5) is 13.2. The number of hydrogen-bond acceptors (Lipinski definition) is 6. The van der Waals surface area contributed by atoms with E-state index in [0.29, 0.717) is 26.5 Å². The van der Waals surface area contributed by atoms with Crippen LogP contribution in [-0.2, 0) is 4.79 Å². The zero-order valence-corrected chi connectivity index (χ0v) is 21.1. The smallest absolute Gasteiger partial charge is 0.263 e. The van der Waals surface area contributed by atoms with Crippen LogP contribution in [0.5, 0.6) is 17.2 Å². The molecule has 176 valence electrons. The van der Waals surface area contributed by atoms with Crippen molar-refractivity contribution in [2.24, 2.45) is 0 Å². The molecule has 1 atom stereocenters. The summed E-state index contributed by atoms with van der Waals surface area (Å²) in [6, 6.07) is 22.0. The highest BCUT2D eigenvalue weighted by molar-refractivity contribution is 8.26. The lowest BCUT2D eigenvalue weighted by Gasteiger charge is -2.31. The molecule has 5 rings (SSSR count). The Labute approximate surface area is 213 Å². The third kappa shape index (κ3) is 4.33. The van der Waals surface area contributed by atoms with Gasteiger partial charge in [0, 0.05) is 22.6 Å². The minimum Gasteiger partial charge on any atom is -0.493 e. The molecule has 0 saturated carbocycles. The van der Waals surface area contributed by atoms with Crippen LogP contribution in [0.4, 0.5) is 0 Å². The van der Waals surface area contributed by atoms with Gasteiger partial charge in [-0.25, -0.2) is 0 Å². The number of carbonyl (C=O) groups excluding carboxylic acids is 1. The van der Waals surface area contributed by atoms with Gasteiger partial charge in [0.2, 0.25) is 0 Å². The number of thioether (sulfide) groups is 1. The molecule has 1 unspecified atom stereocenters. The Morgan fingerprint density at radius 1 is 0.971 bits per heavy atom. The quantitative estimate of drug-likeness (QED) is 0.343. The van der Waals surface area contributed by atoms with E-state index in [2.05, 4.69) is 30.4 Å². The maximum atomic E-state index is 12.7. The van der Waals surface area contributed by atoms with Crippen LogP contribution in [0.3, 0.4) is 0 Å². The number of fused-ring (bicyclic) bond motifs is 1. The number of para-hydroxylation sites is 1. The molecule has 5 nitrogen and oxygen atoms in total. The zero-order chi connectivity index (χ0) is 24.5. The molecule has 35 heavy (non-hydrogen) atoms. The van der Waals surface area contributed by atoms with Gasteiger partial charge >= 0.3 is 0 Å². The molecule has 3 aromatic rings. The van der Waals surface area contributed by atoms with Crippen LogP contribution in [0.2, 0.25) is 0 Å². The first-order valence-corrected chi connectivity index (χ1v) is 12.3. The van der Waals surface area contributed by atoms with Gasteiger partial charge < -0.3 is 19.5 Å². The van der Waals surface area contributed by atoms with Gasteiger partial charge in [0.25, 0.3) is 5.91 Å². The van der Waals surface area contributed by atoms with Crippen molar-refractivity contribution in [3.8, 4) is 17.2 Å². The molecule has 2 aliphatic rings. The molecule has 0 aliphatic carbocycles. The number of benzene rings is 3. The first-order chi connectivity index (χ1) is 17.0. The van der Waals surface area contributed by atoms with Crippen molar-refractivity contribution in [1.82, 2.24) is 5.32 Å². The summed E-state index contributed by atoms with van der Waals surface area (Å²) in [5.74, 6) is 2.28. The van der Waals surface area contributed by atoms with E-state index in [-0.39, 0.29) is 11.8 Å². The maximum absolute atomic E-state index is 12.7. The summed E-state index contributed by atoms with van der Waals surface area (Å²) in [6.45, 7) is 2.10. The fraction of sp³-hybridized carbons (Fsp3) is 0.143. The van der Waals surface area contributed by atoms with E-state index in [9.17, 15) is 4.79 Å². The standard InChI is InChI=1S/C28H23NO4S2/c1-16-8-4-5-9-18(16)25-19-10-6-7-11-21(19)33-26(17-12-13-22(31-2)23(14-17)32-3)20(25)15-24-27(30)29-28(34)35-24/h4-15,25H,1-3H3,(H,29,30,34)/b24-15+. The Balaban J connectivity index is 1.81. The highest BCUT2D eigenvalue weighted by atomic mass is 32.2. The maximum Gasteiger partial charge on any atom is 0.263 e. The van der Waals surface area contributed by atoms with Gasteiger partial charge in [0.15, 0.2) is 11.5 Å². The number of nitrogens with one attached hydrogen (secondary N) is 1. The summed E-state index contributed by atoms with van der Waals surface area (Å²) in [5, 5.41) is 2.72. The third-order valence-corrected chi connectivity index (χ3v) is 7.25. The molecule has 1 fully saturated rings. The normalized spacial score (nSPS) is 18.3. The van der Waals surface area contributed by atoms with E-state index in [4.69, 9.17) is 26.4 Å². The topological polar surface area (TPSA) is 56.8 Å². The van der Waals surface area contributed by atoms with Crippen LogP contribution in [-0.4, -0.2) is 24.4 Å². The van der Waals surface area contributed by atoms with E-state index in [0.717, 1.165) is 33.6 Å². The van der Waals surface area contributed by atoms with Crippen LogP contribution >= 0.6 is 24.0 Å². The van der Waals surface area contributed by atoms with Crippen molar-refractivity contribution < 1.29 is 19.0 Å². The molecule has 7 heteroatoms. The van der Waals surface area contributed by atoms with Crippen molar-refractivity contribution >= 4 is 40.0 Å². The second-order valence-corrected chi connectivity index (χ2v) is 9.85. The van der Waals surface area contributed by atoms with Crippen molar-refractivity contribution in [2.45, 2.75) is 12.8 Å². The monoisotopic (exact) mass is 501 g/mol. The highest BCUT2D eigenvalue weighted by Crippen LogP contribution is 2.48. The first kappa shape index (κ1) is 23.2. The number of amides is 1. The molecule has 0 spiro atoms. The Bertz CT molecular complexity index is 1410. The van der Waals surface area contributed by atoms with Gasteiger partial charge in [0.05, 0.1) is 19.1 Å². The number of thiocarbonyl (C=S) groups is 1. The van der Waals surface area contributed by atoms with Crippen molar-refractivity contribution in [3.63, 3.8) is 0 Å². The number of aryl methyl sites for hydroxylation is 1. The lowest BCUT2D eigenvalue weighted by Crippen LogP contribution is -2.19. The lowest BCUT2D eigenvalue weighted by atomic mass is 9.79. The van der Waals surface area contributed by atoms with Gasteiger partial charge in [-0.1, -0.05) is 66.4 Å². The van der Waals surface area contributed by atoms with E-state index in [1.165, 1.54) is 11.8 Å². The van der Waals surface area contributed by atoms with E-state index in [1.54, 1.807) is 14.2 Å². The molecule has 3 aromatic carbocycles. The third-order valence-electron chi connectivity index (χ3n) is 6.09. The summed E-state index contributed by atoms with van der Waals surface area (Å²) in [6.07, 6.45) is 1.90. The average Bonchev–Trinajstić information content (AvgIpc) is 3.20. The molecule has 2 aliphatic heterocycles. The summed E-state index contributed by atoms with van der Waals surface area (Å²) in [7, 11) is 3.21. The number of carbonyl (C=O) groups is 1. The van der Waals surface area contributed by atoms with E-state index in [1.807, 2.05) is 54.6 Å². The van der Waals surface area contributed by atoms with Gasteiger partial charge in [-0.15, -0.1) is 0 Å². The summed E-state index contributed by atoms with van der Waals surface area (Å²) < 4.78 is 18.0. The molecule has 1 amide bonds. The van der Waals surface area contributed by atoms with Crippen LogP contribution in [0.25, 0.3) is 5.76 Å². The Hall–Kier alpha value is -3.55. The highest BCUT2D eigenvalue weighted by Gasteiger charge is 2.33. The predicted molar refractivity (Wildman–Crippen MR) is 143 cm³/mol. The second kappa shape index (κ2) is 9.60. The van der Waals surface area contributed by atoms with Crippen LogP contribution in [0, 0.1) is 6.92 Å². The van der Waals surface area contributed by atoms with Crippen LogP contribution in [0.15, 0.2) is 83.3 Å². The number of ether oxygens (including phenoxy) is 3. The minimum absolute atomic E-state index is 0.153. The Kier molecular flexibility index (Phi) is 6.36. The van der Waals surface area contributed by atoms with Gasteiger partial charge in [-0.3, -0.25) is 4.79 Å². The SMILES string of the molecule is COc1ccc(C2=C(/C=C3/SC(=S)NC3=O)C(c3ccccc3C)c3ccccc3O2)cc1OC.